The second kappa shape index (κ2) is 7.26. The van der Waals surface area contributed by atoms with Crippen LogP contribution in [0.15, 0.2) is 47.6 Å². The molecule has 0 aliphatic rings. The second-order valence-corrected chi connectivity index (χ2v) is 4.15. The highest BCUT2D eigenvalue weighted by Crippen LogP contribution is 2.14. The lowest BCUT2D eigenvalue weighted by Gasteiger charge is -2.05. The number of hydrogen-bond donors (Lipinski definition) is 1. The minimum Gasteiger partial charge on any atom is -0.481 e. The molecule has 0 aliphatic carbocycles. The van der Waals surface area contributed by atoms with Crippen molar-refractivity contribution in [3.05, 3.63) is 65.5 Å². The molecule has 1 amide bonds. The summed E-state index contributed by atoms with van der Waals surface area (Å²) in [6, 6.07) is 8.92. The zero-order valence-electron chi connectivity index (χ0n) is 11.2. The van der Waals surface area contributed by atoms with Crippen molar-refractivity contribution in [2.75, 3.05) is 6.61 Å². The zero-order valence-corrected chi connectivity index (χ0v) is 11.2. The van der Waals surface area contributed by atoms with Gasteiger partial charge in [0.05, 0.1) is 11.8 Å². The van der Waals surface area contributed by atoms with E-state index in [2.05, 4.69) is 5.10 Å². The van der Waals surface area contributed by atoms with Crippen molar-refractivity contribution in [1.29, 1.82) is 0 Å². The largest absolute Gasteiger partial charge is 0.481 e. The van der Waals surface area contributed by atoms with E-state index in [0.717, 1.165) is 18.3 Å². The maximum Gasteiger partial charge on any atom is 0.277 e. The van der Waals surface area contributed by atoms with Crippen LogP contribution in [0.3, 0.4) is 0 Å². The Morgan fingerprint density at radius 2 is 1.68 bits per heavy atom. The molecule has 0 aromatic heterocycles. The molecule has 0 saturated heterocycles. The minimum absolute atomic E-state index is 0.0817. The number of carbonyl (C=O) groups excluding carboxylic acids is 1. The van der Waals surface area contributed by atoms with Crippen molar-refractivity contribution in [3.63, 3.8) is 0 Å². The van der Waals surface area contributed by atoms with Gasteiger partial charge in [0.15, 0.2) is 18.2 Å². The number of ether oxygens (including phenoxy) is 1. The number of carbonyl (C=O) groups is 1. The topological polar surface area (TPSA) is 50.7 Å². The lowest BCUT2D eigenvalue weighted by molar-refractivity contribution is -0.123. The molecule has 0 bridgehead atoms. The molecule has 0 unspecified atom stereocenters. The summed E-state index contributed by atoms with van der Waals surface area (Å²) in [6.07, 6.45) is 0.839. The van der Waals surface area contributed by atoms with Crippen LogP contribution in [0, 0.1) is 17.5 Å². The molecule has 4 nitrogen and oxygen atoms in total. The van der Waals surface area contributed by atoms with Gasteiger partial charge in [-0.1, -0.05) is 18.2 Å². The number of nitrogens with one attached hydrogen (secondary N) is 1. The summed E-state index contributed by atoms with van der Waals surface area (Å²) in [7, 11) is 0. The van der Waals surface area contributed by atoms with Crippen LogP contribution >= 0.6 is 0 Å². The van der Waals surface area contributed by atoms with Crippen molar-refractivity contribution in [3.8, 4) is 5.75 Å². The Kier molecular flexibility index (Phi) is 5.13. The summed E-state index contributed by atoms with van der Waals surface area (Å²) in [6.45, 7) is -0.488. The SMILES string of the molecule is O=C(COc1ccccc1F)N/N=C\c1c(F)cccc1F. The molecule has 0 radical (unpaired) electrons. The van der Waals surface area contributed by atoms with Gasteiger partial charge in [-0.05, 0) is 24.3 Å². The third-order valence-electron chi connectivity index (χ3n) is 2.58. The maximum atomic E-state index is 13.3. The molecule has 0 atom stereocenters. The molecule has 2 aromatic carbocycles. The van der Waals surface area contributed by atoms with E-state index in [1.54, 1.807) is 6.07 Å². The summed E-state index contributed by atoms with van der Waals surface area (Å²) in [4.78, 5) is 11.4. The van der Waals surface area contributed by atoms with Gasteiger partial charge in [0.2, 0.25) is 0 Å². The van der Waals surface area contributed by atoms with Crippen molar-refractivity contribution < 1.29 is 22.7 Å². The molecule has 7 heteroatoms. The third kappa shape index (κ3) is 4.08. The van der Waals surface area contributed by atoms with E-state index in [4.69, 9.17) is 4.74 Å². The zero-order chi connectivity index (χ0) is 15.9. The Balaban J connectivity index is 1.88. The van der Waals surface area contributed by atoms with Gasteiger partial charge in [0.25, 0.3) is 5.91 Å². The van der Waals surface area contributed by atoms with Gasteiger partial charge in [-0.25, -0.2) is 18.6 Å². The van der Waals surface area contributed by atoms with Gasteiger partial charge in [-0.3, -0.25) is 4.79 Å². The van der Waals surface area contributed by atoms with Crippen LogP contribution in [0.25, 0.3) is 0 Å². The Hall–Kier alpha value is -2.83. The molecule has 2 rings (SSSR count). The average molecular weight is 308 g/mol. The van der Waals surface area contributed by atoms with E-state index in [1.807, 2.05) is 5.43 Å². The molecular formula is C15H11F3N2O2. The summed E-state index contributed by atoms with van der Waals surface area (Å²) in [5.41, 5.74) is 1.65. The summed E-state index contributed by atoms with van der Waals surface area (Å²) in [5.74, 6) is -2.99. The number of hydrazone groups is 1. The first-order valence-corrected chi connectivity index (χ1v) is 6.21. The number of hydrogen-bond acceptors (Lipinski definition) is 3. The van der Waals surface area contributed by atoms with Crippen LogP contribution in [0.1, 0.15) is 5.56 Å². The average Bonchev–Trinajstić information content (AvgIpc) is 2.49. The number of para-hydroxylation sites is 1. The summed E-state index contributed by atoms with van der Waals surface area (Å²) < 4.78 is 44.7. The standard InChI is InChI=1S/C15H11F3N2O2/c16-11-5-3-6-12(17)10(11)8-19-20-15(21)9-22-14-7-2-1-4-13(14)18/h1-8H,9H2,(H,20,21)/b19-8-. The highest BCUT2D eigenvalue weighted by molar-refractivity contribution is 5.83. The van der Waals surface area contributed by atoms with Crippen LogP contribution in [0.4, 0.5) is 13.2 Å². The van der Waals surface area contributed by atoms with Crippen LogP contribution in [0.5, 0.6) is 5.75 Å². The second-order valence-electron chi connectivity index (χ2n) is 4.15. The predicted molar refractivity (Wildman–Crippen MR) is 74.0 cm³/mol. The molecule has 1 N–H and O–H groups in total. The van der Waals surface area contributed by atoms with E-state index in [9.17, 15) is 18.0 Å². The minimum atomic E-state index is -0.805. The van der Waals surface area contributed by atoms with Gasteiger partial charge < -0.3 is 4.74 Å². The third-order valence-corrected chi connectivity index (χ3v) is 2.58. The van der Waals surface area contributed by atoms with E-state index in [0.29, 0.717) is 0 Å². The van der Waals surface area contributed by atoms with Crippen molar-refractivity contribution >= 4 is 12.1 Å². The number of nitrogens with zero attached hydrogens (tertiary/aromatic N) is 1. The first-order valence-electron chi connectivity index (χ1n) is 6.21. The Morgan fingerprint density at radius 1 is 1.05 bits per heavy atom. The summed E-state index contributed by atoms with van der Waals surface area (Å²) >= 11 is 0. The van der Waals surface area contributed by atoms with Crippen molar-refractivity contribution in [1.82, 2.24) is 5.43 Å². The molecule has 2 aromatic rings. The first kappa shape index (κ1) is 15.6. The molecule has 0 fully saturated rings. The number of benzene rings is 2. The van der Waals surface area contributed by atoms with Gasteiger partial charge in [0, 0.05) is 0 Å². The lowest BCUT2D eigenvalue weighted by Crippen LogP contribution is -2.24. The fourth-order valence-corrected chi connectivity index (χ4v) is 1.54. The van der Waals surface area contributed by atoms with Gasteiger partial charge in [-0.2, -0.15) is 5.10 Å². The highest BCUT2D eigenvalue weighted by atomic mass is 19.1. The Labute approximate surface area is 124 Å². The van der Waals surface area contributed by atoms with Gasteiger partial charge in [0.1, 0.15) is 11.6 Å². The molecule has 114 valence electrons. The molecule has 22 heavy (non-hydrogen) atoms. The van der Waals surface area contributed by atoms with Crippen molar-refractivity contribution in [2.24, 2.45) is 5.10 Å². The number of rotatable bonds is 5. The fraction of sp³-hybridized carbons (Fsp3) is 0.0667. The maximum absolute atomic E-state index is 13.3. The smallest absolute Gasteiger partial charge is 0.277 e. The van der Waals surface area contributed by atoms with Crippen molar-refractivity contribution in [2.45, 2.75) is 0 Å². The molecule has 0 saturated carbocycles. The monoisotopic (exact) mass is 308 g/mol. The van der Waals surface area contributed by atoms with E-state index < -0.39 is 30.0 Å². The first-order chi connectivity index (χ1) is 10.6. The molecule has 0 heterocycles. The highest BCUT2D eigenvalue weighted by Gasteiger charge is 2.07. The molecule has 0 aliphatic heterocycles. The van der Waals surface area contributed by atoms with Crippen LogP contribution in [-0.4, -0.2) is 18.7 Å². The lowest BCUT2D eigenvalue weighted by atomic mass is 10.2. The van der Waals surface area contributed by atoms with Gasteiger partial charge in [-0.15, -0.1) is 0 Å². The Bertz CT molecular complexity index is 685. The van der Waals surface area contributed by atoms with Gasteiger partial charge >= 0.3 is 0 Å². The number of amides is 1. The predicted octanol–water partition coefficient (Wildman–Crippen LogP) is 2.63. The van der Waals surface area contributed by atoms with E-state index in [1.165, 1.54) is 24.3 Å². The Morgan fingerprint density at radius 3 is 2.36 bits per heavy atom. The quantitative estimate of drug-likeness (QED) is 0.682. The van der Waals surface area contributed by atoms with E-state index in [-0.39, 0.29) is 11.3 Å². The van der Waals surface area contributed by atoms with Crippen LogP contribution in [-0.2, 0) is 4.79 Å². The molecular weight excluding hydrogens is 297 g/mol. The fourth-order valence-electron chi connectivity index (χ4n) is 1.54. The van der Waals surface area contributed by atoms with E-state index >= 15 is 0 Å². The normalized spacial score (nSPS) is 10.7. The number of halogens is 3. The summed E-state index contributed by atoms with van der Waals surface area (Å²) in [5, 5.41) is 3.42. The van der Waals surface area contributed by atoms with Crippen LogP contribution < -0.4 is 10.2 Å². The molecule has 0 spiro atoms. The van der Waals surface area contributed by atoms with Crippen LogP contribution in [0.2, 0.25) is 0 Å².